The highest BCUT2D eigenvalue weighted by molar-refractivity contribution is 5.94. The first kappa shape index (κ1) is 25.4. The molecule has 0 spiro atoms. The van der Waals surface area contributed by atoms with Gasteiger partial charge in [-0.15, -0.1) is 0 Å². The van der Waals surface area contributed by atoms with Crippen molar-refractivity contribution in [2.24, 2.45) is 5.92 Å². The second kappa shape index (κ2) is 12.9. The van der Waals surface area contributed by atoms with Crippen LogP contribution in [-0.2, 0) is 17.6 Å². The molecule has 2 aromatic rings. The van der Waals surface area contributed by atoms with E-state index < -0.39 is 0 Å². The van der Waals surface area contributed by atoms with Gasteiger partial charge in [0.25, 0.3) is 5.91 Å². The SMILES string of the molecule is CCCCc1ccc(C(=O)N2CCC(N3CCC(C(=O)NCCc4ccccc4)CC3)CC2)cc1. The molecule has 2 aliphatic heterocycles. The minimum Gasteiger partial charge on any atom is -0.356 e. The Hall–Kier alpha value is -2.66. The van der Waals surface area contributed by atoms with Crippen molar-refractivity contribution in [3.8, 4) is 0 Å². The number of carbonyl (C=O) groups excluding carboxylic acids is 2. The molecule has 0 unspecified atom stereocenters. The highest BCUT2D eigenvalue weighted by Gasteiger charge is 2.31. The minimum absolute atomic E-state index is 0.129. The van der Waals surface area contributed by atoms with Gasteiger partial charge < -0.3 is 15.1 Å². The van der Waals surface area contributed by atoms with Gasteiger partial charge in [-0.1, -0.05) is 55.8 Å². The highest BCUT2D eigenvalue weighted by atomic mass is 16.2. The molecular formula is C30H41N3O2. The Labute approximate surface area is 210 Å². The first-order valence-corrected chi connectivity index (χ1v) is 13.6. The van der Waals surface area contributed by atoms with Crippen LogP contribution in [0.4, 0.5) is 0 Å². The van der Waals surface area contributed by atoms with Gasteiger partial charge in [-0.3, -0.25) is 9.59 Å². The molecule has 4 rings (SSSR count). The predicted octanol–water partition coefficient (Wildman–Crippen LogP) is 4.70. The third-order valence-corrected chi connectivity index (χ3v) is 7.74. The van der Waals surface area contributed by atoms with Crippen molar-refractivity contribution in [1.82, 2.24) is 15.1 Å². The number of nitrogens with zero attached hydrogens (tertiary/aromatic N) is 2. The number of amides is 2. The topological polar surface area (TPSA) is 52.7 Å². The predicted molar refractivity (Wildman–Crippen MR) is 141 cm³/mol. The third-order valence-electron chi connectivity index (χ3n) is 7.74. The van der Waals surface area contributed by atoms with Gasteiger partial charge in [0.1, 0.15) is 0 Å². The van der Waals surface area contributed by atoms with Crippen LogP contribution in [0, 0.1) is 5.92 Å². The van der Waals surface area contributed by atoms with Gasteiger partial charge in [-0.2, -0.15) is 0 Å². The van der Waals surface area contributed by atoms with Crippen LogP contribution >= 0.6 is 0 Å². The number of nitrogens with one attached hydrogen (secondary N) is 1. The number of benzene rings is 2. The van der Waals surface area contributed by atoms with Crippen LogP contribution in [0.5, 0.6) is 0 Å². The number of aryl methyl sites for hydroxylation is 1. The van der Waals surface area contributed by atoms with Crippen LogP contribution in [0.25, 0.3) is 0 Å². The summed E-state index contributed by atoms with van der Waals surface area (Å²) in [6.07, 6.45) is 8.25. The second-order valence-electron chi connectivity index (χ2n) is 10.2. The van der Waals surface area contributed by atoms with Crippen LogP contribution in [0.3, 0.4) is 0 Å². The molecule has 5 heteroatoms. The van der Waals surface area contributed by atoms with Crippen LogP contribution in [0.1, 0.15) is 66.9 Å². The summed E-state index contributed by atoms with van der Waals surface area (Å²) in [7, 11) is 0. The van der Waals surface area contributed by atoms with E-state index in [1.54, 1.807) is 0 Å². The molecule has 35 heavy (non-hydrogen) atoms. The number of likely N-dealkylation sites (tertiary alicyclic amines) is 2. The van der Waals surface area contributed by atoms with Crippen LogP contribution in [-0.4, -0.2) is 60.4 Å². The lowest BCUT2D eigenvalue weighted by atomic mass is 9.92. The van der Waals surface area contributed by atoms with E-state index in [1.165, 1.54) is 24.0 Å². The Bertz CT molecular complexity index is 928. The average Bonchev–Trinajstić information content (AvgIpc) is 2.92. The summed E-state index contributed by atoms with van der Waals surface area (Å²) >= 11 is 0. The van der Waals surface area contributed by atoms with Gasteiger partial charge in [-0.25, -0.2) is 0 Å². The molecule has 188 valence electrons. The second-order valence-corrected chi connectivity index (χ2v) is 10.2. The van der Waals surface area contributed by atoms with E-state index in [2.05, 4.69) is 41.4 Å². The van der Waals surface area contributed by atoms with Crippen LogP contribution in [0.15, 0.2) is 54.6 Å². The largest absolute Gasteiger partial charge is 0.356 e. The molecule has 2 amide bonds. The lowest BCUT2D eigenvalue weighted by Gasteiger charge is -2.41. The quantitative estimate of drug-likeness (QED) is 0.572. The number of unbranched alkanes of at least 4 members (excludes halogenated alkanes) is 1. The molecule has 0 bridgehead atoms. The third kappa shape index (κ3) is 7.17. The zero-order chi connectivity index (χ0) is 24.5. The molecule has 0 aromatic heterocycles. The van der Waals surface area contributed by atoms with E-state index in [4.69, 9.17) is 0 Å². The molecule has 2 aliphatic rings. The maximum Gasteiger partial charge on any atom is 0.253 e. The molecule has 0 radical (unpaired) electrons. The Morgan fingerprint density at radius 1 is 0.829 bits per heavy atom. The van der Waals surface area contributed by atoms with E-state index in [-0.39, 0.29) is 17.7 Å². The van der Waals surface area contributed by atoms with Gasteiger partial charge in [0.05, 0.1) is 0 Å². The highest BCUT2D eigenvalue weighted by Crippen LogP contribution is 2.25. The summed E-state index contributed by atoms with van der Waals surface area (Å²) in [6.45, 7) is 6.51. The van der Waals surface area contributed by atoms with E-state index in [1.807, 2.05) is 35.2 Å². The summed E-state index contributed by atoms with van der Waals surface area (Å²) in [5, 5.41) is 3.14. The zero-order valence-corrected chi connectivity index (χ0v) is 21.3. The maximum atomic E-state index is 13.0. The molecule has 2 aromatic carbocycles. The first-order valence-electron chi connectivity index (χ1n) is 13.6. The standard InChI is InChI=1S/C30H41N3O2/c1-2-3-7-25-10-12-27(13-11-25)30(35)33-22-17-28(18-23-33)32-20-15-26(16-21-32)29(34)31-19-14-24-8-5-4-6-9-24/h4-6,8-13,26,28H,2-3,7,14-23H2,1H3,(H,31,34). The Morgan fingerprint density at radius 2 is 1.49 bits per heavy atom. The van der Waals surface area contributed by atoms with E-state index in [9.17, 15) is 9.59 Å². The number of rotatable bonds is 9. The molecule has 1 N–H and O–H groups in total. The van der Waals surface area contributed by atoms with E-state index in [0.717, 1.165) is 70.3 Å². The number of hydrogen-bond donors (Lipinski definition) is 1. The zero-order valence-electron chi connectivity index (χ0n) is 21.3. The van der Waals surface area contributed by atoms with Gasteiger partial charge in [0.2, 0.25) is 5.91 Å². The van der Waals surface area contributed by atoms with Crippen molar-refractivity contribution in [2.45, 2.75) is 64.3 Å². The minimum atomic E-state index is 0.129. The van der Waals surface area contributed by atoms with E-state index >= 15 is 0 Å². The lowest BCUT2D eigenvalue weighted by molar-refractivity contribution is -0.126. The molecule has 2 fully saturated rings. The average molecular weight is 476 g/mol. The van der Waals surface area contributed by atoms with Crippen molar-refractivity contribution in [3.63, 3.8) is 0 Å². The summed E-state index contributed by atoms with van der Waals surface area (Å²) in [4.78, 5) is 30.2. The molecule has 0 saturated carbocycles. The monoisotopic (exact) mass is 475 g/mol. The smallest absolute Gasteiger partial charge is 0.253 e. The fourth-order valence-electron chi connectivity index (χ4n) is 5.46. The Morgan fingerprint density at radius 3 is 2.14 bits per heavy atom. The molecule has 2 saturated heterocycles. The van der Waals surface area contributed by atoms with Crippen molar-refractivity contribution in [3.05, 3.63) is 71.3 Å². The summed E-state index contributed by atoms with van der Waals surface area (Å²) in [5.74, 6) is 0.502. The van der Waals surface area contributed by atoms with Crippen molar-refractivity contribution in [1.29, 1.82) is 0 Å². The van der Waals surface area contributed by atoms with Crippen molar-refractivity contribution in [2.75, 3.05) is 32.7 Å². The van der Waals surface area contributed by atoms with Gasteiger partial charge in [-0.05, 0) is 81.3 Å². The molecule has 0 aliphatic carbocycles. The summed E-state index contributed by atoms with van der Waals surface area (Å²) in [5.41, 5.74) is 3.38. The molecular weight excluding hydrogens is 434 g/mol. The molecule has 5 nitrogen and oxygen atoms in total. The molecule has 2 heterocycles. The van der Waals surface area contributed by atoms with Crippen LogP contribution < -0.4 is 5.32 Å². The lowest BCUT2D eigenvalue weighted by Crippen LogP contribution is -2.50. The maximum absolute atomic E-state index is 13.0. The van der Waals surface area contributed by atoms with Gasteiger partial charge in [0.15, 0.2) is 0 Å². The normalized spacial score (nSPS) is 17.9. The van der Waals surface area contributed by atoms with Gasteiger partial charge >= 0.3 is 0 Å². The number of piperidine rings is 2. The number of carbonyl (C=O) groups is 2. The molecule has 0 atom stereocenters. The fourth-order valence-corrected chi connectivity index (χ4v) is 5.46. The number of hydrogen-bond acceptors (Lipinski definition) is 3. The van der Waals surface area contributed by atoms with Crippen LogP contribution in [0.2, 0.25) is 0 Å². The Balaban J connectivity index is 1.16. The van der Waals surface area contributed by atoms with Gasteiger partial charge in [0, 0.05) is 37.2 Å². The first-order chi connectivity index (χ1) is 17.1. The summed E-state index contributed by atoms with van der Waals surface area (Å²) < 4.78 is 0. The van der Waals surface area contributed by atoms with E-state index in [0.29, 0.717) is 12.6 Å². The summed E-state index contributed by atoms with van der Waals surface area (Å²) in [6, 6.07) is 19.0. The van der Waals surface area contributed by atoms with Crippen molar-refractivity contribution >= 4 is 11.8 Å². The Kier molecular flexibility index (Phi) is 9.35. The van der Waals surface area contributed by atoms with Crippen molar-refractivity contribution < 1.29 is 9.59 Å². The fraction of sp³-hybridized carbons (Fsp3) is 0.533.